The van der Waals surface area contributed by atoms with Crippen molar-refractivity contribution in [2.24, 2.45) is 10.7 Å². The van der Waals surface area contributed by atoms with Gasteiger partial charge in [-0.3, -0.25) is 0 Å². The van der Waals surface area contributed by atoms with Gasteiger partial charge in [-0.2, -0.15) is 0 Å². The molecule has 0 bridgehead atoms. The van der Waals surface area contributed by atoms with E-state index in [1.807, 2.05) is 18.2 Å². The Kier molecular flexibility index (Phi) is 1.81. The molecule has 62 valence electrons. The summed E-state index contributed by atoms with van der Waals surface area (Å²) >= 11 is 1.76. The van der Waals surface area contributed by atoms with E-state index >= 15 is 0 Å². The molecule has 1 atom stereocenters. The standard InChI is InChI=1S/C9H10N2S/c1-6-9(10)11-7-4-2-3-5-8(7)12-6/h2-6H,1H3,(H2,10,11). The van der Waals surface area contributed by atoms with E-state index in [4.69, 9.17) is 5.73 Å². The zero-order valence-electron chi connectivity index (χ0n) is 6.82. The van der Waals surface area contributed by atoms with Gasteiger partial charge < -0.3 is 5.73 Å². The van der Waals surface area contributed by atoms with Crippen molar-refractivity contribution in [2.45, 2.75) is 17.1 Å². The van der Waals surface area contributed by atoms with Crippen molar-refractivity contribution in [1.29, 1.82) is 0 Å². The number of nitrogens with two attached hydrogens (primary N) is 1. The lowest BCUT2D eigenvalue weighted by molar-refractivity contribution is 1.20. The van der Waals surface area contributed by atoms with Gasteiger partial charge in [-0.1, -0.05) is 12.1 Å². The molecule has 1 aliphatic rings. The predicted molar refractivity (Wildman–Crippen MR) is 53.0 cm³/mol. The monoisotopic (exact) mass is 178 g/mol. The van der Waals surface area contributed by atoms with Crippen molar-refractivity contribution in [2.75, 3.05) is 0 Å². The molecule has 1 aromatic rings. The third-order valence-electron chi connectivity index (χ3n) is 1.84. The average Bonchev–Trinajstić information content (AvgIpc) is 2.07. The Balaban J connectivity index is 2.49. The van der Waals surface area contributed by atoms with Crippen molar-refractivity contribution in [3.8, 4) is 0 Å². The first-order valence-corrected chi connectivity index (χ1v) is 4.75. The number of hydrogen-bond donors (Lipinski definition) is 1. The highest BCUT2D eigenvalue weighted by molar-refractivity contribution is 8.00. The molecule has 2 N–H and O–H groups in total. The summed E-state index contributed by atoms with van der Waals surface area (Å²) in [5.41, 5.74) is 6.72. The summed E-state index contributed by atoms with van der Waals surface area (Å²) in [7, 11) is 0. The van der Waals surface area contributed by atoms with E-state index in [2.05, 4.69) is 18.0 Å². The Labute approximate surface area is 75.9 Å². The second-order valence-electron chi connectivity index (χ2n) is 2.76. The molecule has 3 heteroatoms. The van der Waals surface area contributed by atoms with Crippen LogP contribution in [0, 0.1) is 0 Å². The van der Waals surface area contributed by atoms with Gasteiger partial charge in [-0.25, -0.2) is 4.99 Å². The molecule has 1 aliphatic heterocycles. The van der Waals surface area contributed by atoms with Crippen LogP contribution in [-0.4, -0.2) is 11.1 Å². The number of hydrogen-bond acceptors (Lipinski definition) is 3. The fourth-order valence-electron chi connectivity index (χ4n) is 1.13. The van der Waals surface area contributed by atoms with Crippen molar-refractivity contribution in [3.63, 3.8) is 0 Å². The van der Waals surface area contributed by atoms with Crippen LogP contribution in [-0.2, 0) is 0 Å². The number of thioether (sulfide) groups is 1. The predicted octanol–water partition coefficient (Wildman–Crippen LogP) is 2.17. The maximum absolute atomic E-state index is 5.72. The normalized spacial score (nSPS) is 21.4. The summed E-state index contributed by atoms with van der Waals surface area (Å²) in [5, 5.41) is 0.305. The maximum Gasteiger partial charge on any atom is 0.113 e. The molecule has 0 fully saturated rings. The zero-order chi connectivity index (χ0) is 8.55. The fraction of sp³-hybridized carbons (Fsp3) is 0.222. The molecule has 12 heavy (non-hydrogen) atoms. The first-order valence-electron chi connectivity index (χ1n) is 3.87. The van der Waals surface area contributed by atoms with E-state index in [1.54, 1.807) is 11.8 Å². The SMILES string of the molecule is CC1Sc2ccccc2N=C1N. The highest BCUT2D eigenvalue weighted by Gasteiger charge is 2.16. The number of fused-ring (bicyclic) bond motifs is 1. The van der Waals surface area contributed by atoms with Gasteiger partial charge in [-0.15, -0.1) is 11.8 Å². The van der Waals surface area contributed by atoms with Crippen LogP contribution >= 0.6 is 11.8 Å². The van der Waals surface area contributed by atoms with Gasteiger partial charge in [0.25, 0.3) is 0 Å². The van der Waals surface area contributed by atoms with Crippen molar-refractivity contribution >= 4 is 23.3 Å². The van der Waals surface area contributed by atoms with Crippen LogP contribution in [0.3, 0.4) is 0 Å². The van der Waals surface area contributed by atoms with Crippen LogP contribution in [0.1, 0.15) is 6.92 Å². The van der Waals surface area contributed by atoms with Gasteiger partial charge >= 0.3 is 0 Å². The van der Waals surface area contributed by atoms with Crippen LogP contribution < -0.4 is 5.73 Å². The van der Waals surface area contributed by atoms with E-state index in [0.717, 1.165) is 11.5 Å². The number of aliphatic imine (C=N–C) groups is 1. The van der Waals surface area contributed by atoms with Gasteiger partial charge in [0.1, 0.15) is 5.84 Å². The van der Waals surface area contributed by atoms with Gasteiger partial charge in [0.05, 0.1) is 10.9 Å². The molecule has 2 rings (SSSR count). The minimum atomic E-state index is 0.305. The largest absolute Gasteiger partial charge is 0.386 e. The lowest BCUT2D eigenvalue weighted by atomic mass is 10.3. The van der Waals surface area contributed by atoms with E-state index in [-0.39, 0.29) is 0 Å². The van der Waals surface area contributed by atoms with Gasteiger partial charge in [-0.05, 0) is 19.1 Å². The van der Waals surface area contributed by atoms with Crippen LogP contribution in [0.5, 0.6) is 0 Å². The van der Waals surface area contributed by atoms with Crippen LogP contribution in [0.25, 0.3) is 0 Å². The first-order chi connectivity index (χ1) is 5.77. The molecule has 0 saturated heterocycles. The lowest BCUT2D eigenvalue weighted by Gasteiger charge is -2.17. The Morgan fingerprint density at radius 1 is 1.42 bits per heavy atom. The molecule has 1 heterocycles. The third-order valence-corrected chi connectivity index (χ3v) is 3.03. The Morgan fingerprint density at radius 2 is 2.17 bits per heavy atom. The molecule has 1 unspecified atom stereocenters. The smallest absolute Gasteiger partial charge is 0.113 e. The van der Waals surface area contributed by atoms with E-state index in [1.165, 1.54) is 4.90 Å². The Hall–Kier alpha value is -0.960. The molecule has 0 aliphatic carbocycles. The summed E-state index contributed by atoms with van der Waals surface area (Å²) in [5.74, 6) is 0.721. The molecule has 0 saturated carbocycles. The number of benzene rings is 1. The minimum absolute atomic E-state index is 0.305. The zero-order valence-corrected chi connectivity index (χ0v) is 7.64. The average molecular weight is 178 g/mol. The first kappa shape index (κ1) is 7.68. The van der Waals surface area contributed by atoms with E-state index in [0.29, 0.717) is 5.25 Å². The molecule has 2 nitrogen and oxygen atoms in total. The summed E-state index contributed by atoms with van der Waals surface area (Å²) in [6.07, 6.45) is 0. The summed E-state index contributed by atoms with van der Waals surface area (Å²) in [6, 6.07) is 8.06. The van der Waals surface area contributed by atoms with Gasteiger partial charge in [0.2, 0.25) is 0 Å². The Morgan fingerprint density at radius 3 is 3.00 bits per heavy atom. The van der Waals surface area contributed by atoms with Crippen LogP contribution in [0.4, 0.5) is 5.69 Å². The Bertz CT molecular complexity index is 333. The number of nitrogens with zero attached hydrogens (tertiary/aromatic N) is 1. The molecule has 0 spiro atoms. The fourth-order valence-corrected chi connectivity index (χ4v) is 2.08. The highest BCUT2D eigenvalue weighted by Crippen LogP contribution is 2.36. The second-order valence-corrected chi connectivity index (χ2v) is 4.15. The third kappa shape index (κ3) is 1.20. The summed E-state index contributed by atoms with van der Waals surface area (Å²) in [4.78, 5) is 5.52. The maximum atomic E-state index is 5.72. The molecular weight excluding hydrogens is 168 g/mol. The number of para-hydroxylation sites is 1. The van der Waals surface area contributed by atoms with Crippen LogP contribution in [0.15, 0.2) is 34.2 Å². The topological polar surface area (TPSA) is 38.4 Å². The van der Waals surface area contributed by atoms with Gasteiger partial charge in [0.15, 0.2) is 0 Å². The lowest BCUT2D eigenvalue weighted by Crippen LogP contribution is -2.24. The quantitative estimate of drug-likeness (QED) is 0.661. The molecular formula is C9H10N2S. The van der Waals surface area contributed by atoms with E-state index in [9.17, 15) is 0 Å². The molecule has 0 radical (unpaired) electrons. The molecule has 0 amide bonds. The van der Waals surface area contributed by atoms with Gasteiger partial charge in [0, 0.05) is 4.90 Å². The summed E-state index contributed by atoms with van der Waals surface area (Å²) < 4.78 is 0. The van der Waals surface area contributed by atoms with E-state index < -0.39 is 0 Å². The molecule has 1 aromatic carbocycles. The van der Waals surface area contributed by atoms with Crippen molar-refractivity contribution in [1.82, 2.24) is 0 Å². The van der Waals surface area contributed by atoms with Crippen molar-refractivity contribution in [3.05, 3.63) is 24.3 Å². The molecule has 0 aromatic heterocycles. The van der Waals surface area contributed by atoms with Crippen LogP contribution in [0.2, 0.25) is 0 Å². The second kappa shape index (κ2) is 2.83. The number of amidine groups is 1. The minimum Gasteiger partial charge on any atom is -0.386 e. The summed E-state index contributed by atoms with van der Waals surface area (Å²) in [6.45, 7) is 2.07. The number of rotatable bonds is 0. The van der Waals surface area contributed by atoms with Crippen molar-refractivity contribution < 1.29 is 0 Å². The highest BCUT2D eigenvalue weighted by atomic mass is 32.2.